The van der Waals surface area contributed by atoms with E-state index in [0.29, 0.717) is 17.5 Å². The Bertz CT molecular complexity index is 1670. The number of aryl methyl sites for hydroxylation is 1. The highest BCUT2D eigenvalue weighted by atomic mass is 16.7. The van der Waals surface area contributed by atoms with Crippen LogP contribution in [-0.2, 0) is 20.6 Å². The van der Waals surface area contributed by atoms with E-state index in [0.717, 1.165) is 5.57 Å². The molecule has 236 valence electrons. The van der Waals surface area contributed by atoms with Gasteiger partial charge in [0.2, 0.25) is 6.29 Å². The zero-order valence-corrected chi connectivity index (χ0v) is 25.7. The summed E-state index contributed by atoms with van der Waals surface area (Å²) < 4.78 is 28.8. The second-order valence-electron chi connectivity index (χ2n) is 11.6. The fourth-order valence-corrected chi connectivity index (χ4v) is 5.27. The van der Waals surface area contributed by atoms with Gasteiger partial charge in [0.25, 0.3) is 5.91 Å². The third kappa shape index (κ3) is 6.51. The van der Waals surface area contributed by atoms with Gasteiger partial charge in [-0.3, -0.25) is 4.79 Å². The van der Waals surface area contributed by atoms with Crippen molar-refractivity contribution in [1.29, 1.82) is 0 Å². The average Bonchev–Trinajstić information content (AvgIpc) is 2.94. The van der Waals surface area contributed by atoms with Crippen LogP contribution in [0, 0.1) is 12.8 Å². The van der Waals surface area contributed by atoms with E-state index in [1.807, 2.05) is 19.9 Å². The summed E-state index contributed by atoms with van der Waals surface area (Å²) in [4.78, 5) is 37.7. The van der Waals surface area contributed by atoms with Crippen molar-refractivity contribution in [2.75, 3.05) is 12.4 Å². The fraction of sp³-hybridized carbons (Fsp3) is 0.406. The number of carbonyl (C=O) groups is 2. The summed E-state index contributed by atoms with van der Waals surface area (Å²) in [5, 5.41) is 23.8. The molecule has 12 heteroatoms. The van der Waals surface area contributed by atoms with Crippen molar-refractivity contribution in [2.24, 2.45) is 11.7 Å². The van der Waals surface area contributed by atoms with Crippen LogP contribution in [0.2, 0.25) is 0 Å². The molecule has 4 unspecified atom stereocenters. The molecule has 12 nitrogen and oxygen atoms in total. The second-order valence-corrected chi connectivity index (χ2v) is 11.6. The van der Waals surface area contributed by atoms with Crippen molar-refractivity contribution in [3.05, 3.63) is 69.1 Å². The van der Waals surface area contributed by atoms with E-state index in [2.05, 4.69) is 5.32 Å². The van der Waals surface area contributed by atoms with Gasteiger partial charge in [0.05, 0.1) is 16.9 Å². The number of anilines is 1. The Balaban J connectivity index is 1.63. The number of hydrogen-bond acceptors (Lipinski definition) is 10. The largest absolute Gasteiger partial charge is 0.508 e. The van der Waals surface area contributed by atoms with E-state index >= 15 is 0 Å². The van der Waals surface area contributed by atoms with Crippen molar-refractivity contribution in [2.45, 2.75) is 72.1 Å². The molecule has 1 fully saturated rings. The summed E-state index contributed by atoms with van der Waals surface area (Å²) in [6.07, 6.45) is -0.962. The number of phenols is 1. The topological polar surface area (TPSA) is 180 Å². The van der Waals surface area contributed by atoms with Crippen molar-refractivity contribution >= 4 is 28.7 Å². The molecular weight excluding hydrogens is 572 g/mol. The molecule has 0 aliphatic carbocycles. The van der Waals surface area contributed by atoms with Crippen LogP contribution in [0.25, 0.3) is 11.0 Å². The molecule has 4 rings (SSSR count). The fourth-order valence-electron chi connectivity index (χ4n) is 5.27. The maximum atomic E-state index is 13.0. The van der Waals surface area contributed by atoms with Gasteiger partial charge in [0.1, 0.15) is 29.3 Å². The van der Waals surface area contributed by atoms with Gasteiger partial charge in [-0.25, -0.2) is 9.59 Å². The summed E-state index contributed by atoms with van der Waals surface area (Å²) in [6.45, 7) is 10.8. The van der Waals surface area contributed by atoms with Crippen molar-refractivity contribution in [1.82, 2.24) is 0 Å². The number of methoxy groups -OCH3 is 1. The number of carbonyl (C=O) groups excluding carboxylic acids is 2. The summed E-state index contributed by atoms with van der Waals surface area (Å²) in [5.41, 5.74) is 5.14. The van der Waals surface area contributed by atoms with Crippen LogP contribution in [0.5, 0.6) is 17.2 Å². The predicted molar refractivity (Wildman–Crippen MR) is 162 cm³/mol. The number of nitrogens with one attached hydrogen (secondary N) is 1. The van der Waals surface area contributed by atoms with Crippen LogP contribution in [0.4, 0.5) is 10.5 Å². The summed E-state index contributed by atoms with van der Waals surface area (Å²) in [6, 6.07) is 7.37. The maximum absolute atomic E-state index is 13.0. The molecule has 4 atom stereocenters. The number of allylic oxidation sites excluding steroid dienone is 2. The molecule has 2 amide bonds. The van der Waals surface area contributed by atoms with Crippen molar-refractivity contribution in [3.8, 4) is 17.2 Å². The van der Waals surface area contributed by atoms with Gasteiger partial charge in [-0.05, 0) is 76.9 Å². The second kappa shape index (κ2) is 12.6. The lowest BCUT2D eigenvalue weighted by atomic mass is 9.85. The van der Waals surface area contributed by atoms with Gasteiger partial charge in [-0.15, -0.1) is 0 Å². The molecule has 1 aliphatic heterocycles. The molecule has 0 radical (unpaired) electrons. The number of phenolic OH excluding ortho intramolecular Hbond substituents is 1. The first-order valence-electron chi connectivity index (χ1n) is 14.0. The Hall–Kier alpha value is -4.55. The molecule has 5 N–H and O–H groups in total. The number of nitrogens with two attached hydrogens (primary N) is 1. The molecule has 44 heavy (non-hydrogen) atoms. The highest BCUT2D eigenvalue weighted by molar-refractivity contribution is 6.06. The van der Waals surface area contributed by atoms with E-state index in [9.17, 15) is 24.6 Å². The highest BCUT2D eigenvalue weighted by Crippen LogP contribution is 2.40. The Morgan fingerprint density at radius 1 is 1.16 bits per heavy atom. The smallest absolute Gasteiger partial charge is 0.404 e. The van der Waals surface area contributed by atoms with Gasteiger partial charge in [0.15, 0.2) is 11.4 Å². The van der Waals surface area contributed by atoms with Crippen LogP contribution >= 0.6 is 0 Å². The summed E-state index contributed by atoms with van der Waals surface area (Å²) in [7, 11) is 1.48. The highest BCUT2D eigenvalue weighted by Gasteiger charge is 2.51. The Morgan fingerprint density at radius 3 is 2.50 bits per heavy atom. The number of benzene rings is 2. The third-order valence-electron chi connectivity index (χ3n) is 7.66. The number of rotatable bonds is 8. The number of fused-ring (bicyclic) bond motifs is 1. The minimum absolute atomic E-state index is 0.0339. The van der Waals surface area contributed by atoms with E-state index in [-0.39, 0.29) is 28.0 Å². The Labute approximate surface area is 254 Å². The van der Waals surface area contributed by atoms with E-state index in [4.69, 9.17) is 29.1 Å². The molecule has 1 aromatic heterocycles. The first-order chi connectivity index (χ1) is 20.6. The molecule has 0 saturated carbocycles. The summed E-state index contributed by atoms with van der Waals surface area (Å²) >= 11 is 0. The van der Waals surface area contributed by atoms with E-state index in [1.165, 1.54) is 31.4 Å². The molecule has 2 heterocycles. The molecule has 1 saturated heterocycles. The minimum atomic E-state index is -0.978. The van der Waals surface area contributed by atoms with Crippen LogP contribution in [-0.4, -0.2) is 53.4 Å². The van der Waals surface area contributed by atoms with Crippen LogP contribution < -0.4 is 21.4 Å². The van der Waals surface area contributed by atoms with Gasteiger partial charge >= 0.3 is 11.7 Å². The lowest BCUT2D eigenvalue weighted by Crippen LogP contribution is -2.62. The zero-order chi connectivity index (χ0) is 32.5. The molecular formula is C32H38N2O10. The van der Waals surface area contributed by atoms with Crippen LogP contribution in [0.3, 0.4) is 0 Å². The number of amides is 2. The Morgan fingerprint density at radius 2 is 1.86 bits per heavy atom. The molecule has 0 bridgehead atoms. The van der Waals surface area contributed by atoms with Gasteiger partial charge in [-0.2, -0.15) is 0 Å². The van der Waals surface area contributed by atoms with Crippen molar-refractivity contribution in [3.63, 3.8) is 0 Å². The molecule has 0 spiro atoms. The van der Waals surface area contributed by atoms with Gasteiger partial charge in [0, 0.05) is 18.2 Å². The first-order valence-corrected chi connectivity index (χ1v) is 14.0. The first kappa shape index (κ1) is 32.4. The number of hydrogen-bond donors (Lipinski definition) is 4. The Kier molecular flexibility index (Phi) is 9.26. The van der Waals surface area contributed by atoms with Gasteiger partial charge < -0.3 is 44.6 Å². The quantitative estimate of drug-likeness (QED) is 0.202. The third-order valence-corrected chi connectivity index (χ3v) is 7.66. The molecule has 1 aliphatic rings. The monoisotopic (exact) mass is 610 g/mol. The van der Waals surface area contributed by atoms with E-state index < -0.39 is 59.1 Å². The zero-order valence-electron chi connectivity index (χ0n) is 25.7. The average molecular weight is 611 g/mol. The van der Waals surface area contributed by atoms with Crippen molar-refractivity contribution < 1.29 is 43.2 Å². The normalized spacial score (nSPS) is 21.0. The van der Waals surface area contributed by atoms with Gasteiger partial charge in [-0.1, -0.05) is 18.6 Å². The number of primary amides is 1. The summed E-state index contributed by atoms with van der Waals surface area (Å²) in [5.74, 6) is -1.35. The number of aromatic hydroxyl groups is 2. The SMILES string of the molecule is COC1C(OC(N)=O)C(C)C(Oc2ccc3c(O)c(NC(=O)c4ccc(O)c(CC=C(C)C)c4)c(=O)oc3c2C)OC1(C)C. The molecule has 2 aromatic carbocycles. The van der Waals surface area contributed by atoms with Crippen LogP contribution in [0.15, 0.2) is 51.2 Å². The standard InChI is InChI=1S/C32H38N2O10/c1-15(2)8-9-18-14-19(10-12-21(18)35)28(37)34-23-24(36)20-11-13-22(16(3)25(20)42-29(23)38)41-30-17(4)26(43-31(33)39)27(40-7)32(5,6)44-30/h8,10-14,17,26-27,30,35-36H,9H2,1-7H3,(H2,33,39)(H,34,37). The minimum Gasteiger partial charge on any atom is -0.508 e. The lowest BCUT2D eigenvalue weighted by molar-refractivity contribution is -0.287. The predicted octanol–water partition coefficient (Wildman–Crippen LogP) is 4.90. The molecule has 3 aromatic rings. The van der Waals surface area contributed by atoms with E-state index in [1.54, 1.807) is 33.8 Å². The van der Waals surface area contributed by atoms with Crippen LogP contribution in [0.1, 0.15) is 56.1 Å². The lowest BCUT2D eigenvalue weighted by Gasteiger charge is -2.48. The maximum Gasteiger partial charge on any atom is 0.404 e. The number of ether oxygens (including phenoxy) is 4.